The van der Waals surface area contributed by atoms with Gasteiger partial charge in [0.15, 0.2) is 0 Å². The van der Waals surface area contributed by atoms with E-state index >= 15 is 0 Å². The lowest BCUT2D eigenvalue weighted by Gasteiger charge is -2.21. The van der Waals surface area contributed by atoms with Crippen molar-refractivity contribution in [3.63, 3.8) is 0 Å². The summed E-state index contributed by atoms with van der Waals surface area (Å²) in [5.74, 6) is 0. The predicted octanol–water partition coefficient (Wildman–Crippen LogP) is 2.89. The van der Waals surface area contributed by atoms with Crippen LogP contribution in [0, 0.1) is 0 Å². The summed E-state index contributed by atoms with van der Waals surface area (Å²) >= 11 is 0. The fourth-order valence-electron chi connectivity index (χ4n) is 2.19. The molecule has 0 aliphatic heterocycles. The largest absolute Gasteiger partial charge is 0.285 e. The maximum atomic E-state index is 12.6. The average molecular weight is 316 g/mol. The van der Waals surface area contributed by atoms with Gasteiger partial charge in [-0.25, -0.2) is 13.1 Å². The number of hydrogen-bond acceptors (Lipinski definition) is 3. The molecule has 2 rings (SSSR count). The lowest BCUT2D eigenvalue weighted by Crippen LogP contribution is -2.40. The van der Waals surface area contributed by atoms with Crippen LogP contribution in [0.1, 0.15) is 26.3 Å². The van der Waals surface area contributed by atoms with Gasteiger partial charge in [0.1, 0.15) is 0 Å². The Balaban J connectivity index is 2.64. The first-order valence-corrected chi connectivity index (χ1v) is 8.33. The second-order valence-electron chi connectivity index (χ2n) is 6.00. The maximum absolute atomic E-state index is 12.6. The highest BCUT2D eigenvalue weighted by Gasteiger charge is 2.25. The number of hydrogen-bond donors (Lipinski definition) is 1. The van der Waals surface area contributed by atoms with Crippen LogP contribution in [0.15, 0.2) is 53.4 Å². The minimum atomic E-state index is -3.70. The average Bonchev–Trinajstić information content (AvgIpc) is 2.45. The Morgan fingerprint density at radius 1 is 0.909 bits per heavy atom. The van der Waals surface area contributed by atoms with E-state index in [4.69, 9.17) is 0 Å². The van der Waals surface area contributed by atoms with Crippen LogP contribution in [0.25, 0.3) is 11.1 Å². The monoisotopic (exact) mass is 316 g/mol. The van der Waals surface area contributed by atoms with Crippen molar-refractivity contribution in [3.05, 3.63) is 54.1 Å². The van der Waals surface area contributed by atoms with Gasteiger partial charge >= 0.3 is 0 Å². The molecule has 0 fully saturated rings. The first-order chi connectivity index (χ1) is 10.2. The maximum Gasteiger partial charge on any atom is 0.241 e. The summed E-state index contributed by atoms with van der Waals surface area (Å²) in [5, 5.41) is 0. The third-order valence-electron chi connectivity index (χ3n) is 2.94. The summed E-state index contributed by atoms with van der Waals surface area (Å²) in [6, 6.07) is 13.4. The van der Waals surface area contributed by atoms with Crippen LogP contribution in [0.3, 0.4) is 0 Å². The molecule has 0 aliphatic rings. The van der Waals surface area contributed by atoms with Crippen molar-refractivity contribution in [2.75, 3.05) is 0 Å². The zero-order chi connectivity index (χ0) is 16.4. The standard InChI is InChI=1S/C17H18NO3S/c1-17(2,3)18-22(20,21)16-11-7-6-10-15(16)14-9-5-4-8-13(14)12-19/h4-11,18H,1-3H3. The Kier molecular flexibility index (Phi) is 4.49. The Hall–Kier alpha value is -1.98. The van der Waals surface area contributed by atoms with Crippen LogP contribution >= 0.6 is 0 Å². The van der Waals surface area contributed by atoms with Gasteiger partial charge in [-0.05, 0) is 32.4 Å². The molecule has 0 aromatic heterocycles. The van der Waals surface area contributed by atoms with Crippen LogP contribution in [0.2, 0.25) is 0 Å². The molecule has 0 unspecified atom stereocenters. The van der Waals surface area contributed by atoms with E-state index in [1.54, 1.807) is 63.2 Å². The summed E-state index contributed by atoms with van der Waals surface area (Å²) in [6.07, 6.45) is 1.86. The summed E-state index contributed by atoms with van der Waals surface area (Å²) < 4.78 is 27.9. The van der Waals surface area contributed by atoms with Gasteiger partial charge in [-0.15, -0.1) is 0 Å². The quantitative estimate of drug-likeness (QED) is 0.943. The molecule has 0 spiro atoms. The van der Waals surface area contributed by atoms with Gasteiger partial charge in [-0.3, -0.25) is 4.79 Å². The highest BCUT2D eigenvalue weighted by Crippen LogP contribution is 2.29. The van der Waals surface area contributed by atoms with Crippen molar-refractivity contribution in [2.24, 2.45) is 0 Å². The molecule has 1 N–H and O–H groups in total. The molecule has 115 valence electrons. The van der Waals surface area contributed by atoms with Gasteiger partial charge in [0.25, 0.3) is 0 Å². The van der Waals surface area contributed by atoms with E-state index in [2.05, 4.69) is 4.72 Å². The zero-order valence-electron chi connectivity index (χ0n) is 12.8. The summed E-state index contributed by atoms with van der Waals surface area (Å²) in [7, 11) is -3.70. The molecule has 22 heavy (non-hydrogen) atoms. The number of carbonyl (C=O) groups excluding carboxylic acids is 1. The second kappa shape index (κ2) is 6.02. The molecule has 0 atom stereocenters. The Morgan fingerprint density at radius 2 is 1.45 bits per heavy atom. The van der Waals surface area contributed by atoms with Gasteiger partial charge in [-0.2, -0.15) is 0 Å². The van der Waals surface area contributed by atoms with Gasteiger partial charge in [0, 0.05) is 16.7 Å². The molecule has 0 aliphatic carbocycles. The fourth-order valence-corrected chi connectivity index (χ4v) is 3.83. The molecule has 2 aromatic carbocycles. The summed E-state index contributed by atoms with van der Waals surface area (Å²) in [4.78, 5) is 11.2. The third kappa shape index (κ3) is 3.61. The molecule has 0 saturated heterocycles. The van der Waals surface area contributed by atoms with Crippen LogP contribution in [0.5, 0.6) is 0 Å². The minimum absolute atomic E-state index is 0.146. The van der Waals surface area contributed by atoms with Gasteiger partial charge in [0.2, 0.25) is 16.3 Å². The normalized spacial score (nSPS) is 12.1. The van der Waals surface area contributed by atoms with Crippen molar-refractivity contribution in [1.82, 2.24) is 4.72 Å². The highest BCUT2D eigenvalue weighted by atomic mass is 32.2. The number of rotatable bonds is 4. The van der Waals surface area contributed by atoms with Gasteiger partial charge < -0.3 is 0 Å². The van der Waals surface area contributed by atoms with Crippen molar-refractivity contribution in [2.45, 2.75) is 31.2 Å². The molecule has 4 nitrogen and oxygen atoms in total. The second-order valence-corrected chi connectivity index (χ2v) is 7.65. The first kappa shape index (κ1) is 16.4. The van der Waals surface area contributed by atoms with Crippen molar-refractivity contribution in [1.29, 1.82) is 0 Å². The van der Waals surface area contributed by atoms with E-state index < -0.39 is 15.6 Å². The Morgan fingerprint density at radius 3 is 2.05 bits per heavy atom. The molecule has 0 amide bonds. The molecule has 0 bridgehead atoms. The zero-order valence-corrected chi connectivity index (χ0v) is 13.6. The van der Waals surface area contributed by atoms with Crippen LogP contribution in [-0.2, 0) is 14.8 Å². The molecule has 5 heteroatoms. The van der Waals surface area contributed by atoms with E-state index in [1.807, 2.05) is 6.29 Å². The topological polar surface area (TPSA) is 63.2 Å². The van der Waals surface area contributed by atoms with Crippen molar-refractivity contribution < 1.29 is 13.2 Å². The van der Waals surface area contributed by atoms with Crippen LogP contribution in [0.4, 0.5) is 0 Å². The Bertz CT molecular complexity index is 790. The van der Waals surface area contributed by atoms with Crippen molar-refractivity contribution in [3.8, 4) is 11.1 Å². The van der Waals surface area contributed by atoms with E-state index in [1.165, 1.54) is 6.07 Å². The predicted molar refractivity (Wildman–Crippen MR) is 86.7 cm³/mol. The van der Waals surface area contributed by atoms with Crippen LogP contribution < -0.4 is 4.72 Å². The van der Waals surface area contributed by atoms with E-state index in [9.17, 15) is 13.2 Å². The SMILES string of the molecule is CC(C)(C)NS(=O)(=O)c1ccccc1-c1ccccc1[C]=O. The highest BCUT2D eigenvalue weighted by molar-refractivity contribution is 7.89. The summed E-state index contributed by atoms with van der Waals surface area (Å²) in [6.45, 7) is 5.33. The van der Waals surface area contributed by atoms with E-state index in [0.717, 1.165) is 0 Å². The van der Waals surface area contributed by atoms with Gasteiger partial charge in [0.05, 0.1) is 4.90 Å². The van der Waals surface area contributed by atoms with Crippen molar-refractivity contribution >= 4 is 16.3 Å². The van der Waals surface area contributed by atoms with E-state index in [-0.39, 0.29) is 4.90 Å². The molecule has 1 radical (unpaired) electrons. The summed E-state index contributed by atoms with van der Waals surface area (Å²) in [5.41, 5.74) is 0.772. The number of benzene rings is 2. The lowest BCUT2D eigenvalue weighted by molar-refractivity contribution is 0.491. The molecule has 0 saturated carbocycles. The first-order valence-electron chi connectivity index (χ1n) is 6.85. The van der Waals surface area contributed by atoms with E-state index in [0.29, 0.717) is 16.7 Å². The van der Waals surface area contributed by atoms with Crippen LogP contribution in [-0.4, -0.2) is 20.2 Å². The number of sulfonamides is 1. The number of nitrogens with one attached hydrogen (secondary N) is 1. The molecular formula is C17H18NO3S. The molecule has 2 aromatic rings. The lowest BCUT2D eigenvalue weighted by atomic mass is 10.0. The molecule has 0 heterocycles. The minimum Gasteiger partial charge on any atom is -0.285 e. The smallest absolute Gasteiger partial charge is 0.241 e. The molecular weight excluding hydrogens is 298 g/mol. The van der Waals surface area contributed by atoms with Gasteiger partial charge in [-0.1, -0.05) is 42.5 Å². The third-order valence-corrected chi connectivity index (χ3v) is 4.76. The fraction of sp³-hybridized carbons (Fsp3) is 0.235. The Labute approximate surface area is 131 Å².